The Bertz CT molecular complexity index is 484. The summed E-state index contributed by atoms with van der Waals surface area (Å²) < 4.78 is 12.1. The van der Waals surface area contributed by atoms with Gasteiger partial charge in [-0.15, -0.1) is 0 Å². The topological polar surface area (TPSA) is 51.6 Å². The molecule has 4 nitrogen and oxygen atoms in total. The van der Waals surface area contributed by atoms with Gasteiger partial charge in [0.15, 0.2) is 0 Å². The molecule has 5 heteroatoms. The minimum absolute atomic E-state index is 0.357. The highest BCUT2D eigenvalue weighted by Gasteiger charge is 2.52. The molecule has 1 aliphatic heterocycles. The summed E-state index contributed by atoms with van der Waals surface area (Å²) in [4.78, 5) is 4.27. The highest BCUT2D eigenvalue weighted by atomic mass is 16.7. The van der Waals surface area contributed by atoms with Crippen molar-refractivity contribution in [2.45, 2.75) is 65.3 Å². The number of rotatable bonds is 3. The Morgan fingerprint density at radius 2 is 1.75 bits per heavy atom. The summed E-state index contributed by atoms with van der Waals surface area (Å²) >= 11 is 0. The van der Waals surface area contributed by atoms with Gasteiger partial charge in [-0.3, -0.25) is 4.98 Å². The molecule has 110 valence electrons. The lowest BCUT2D eigenvalue weighted by atomic mass is 9.76. The number of pyridine rings is 1. The first kappa shape index (κ1) is 15.5. The molecular weight excluding hydrogens is 253 g/mol. The maximum absolute atomic E-state index is 9.56. The van der Waals surface area contributed by atoms with Gasteiger partial charge >= 0.3 is 7.12 Å². The first-order valence-corrected chi connectivity index (χ1v) is 7.11. The van der Waals surface area contributed by atoms with E-state index in [9.17, 15) is 5.11 Å². The molecule has 1 fully saturated rings. The predicted octanol–water partition coefficient (Wildman–Crippen LogP) is 1.61. The normalized spacial score (nSPS) is 22.1. The molecule has 0 aliphatic carbocycles. The van der Waals surface area contributed by atoms with Gasteiger partial charge in [-0.1, -0.05) is 0 Å². The standard InChI is InChI=1S/C15H24BNO3/c1-10(18)7-12-8-17-9-13(11(12)2)16-19-14(3,4)15(5,6)20-16/h8-10,18H,7H2,1-6H3. The summed E-state index contributed by atoms with van der Waals surface area (Å²) in [6.45, 7) is 12.0. The van der Waals surface area contributed by atoms with E-state index in [1.165, 1.54) is 0 Å². The number of aromatic nitrogens is 1. The van der Waals surface area contributed by atoms with E-state index in [0.717, 1.165) is 16.6 Å². The Kier molecular flexibility index (Phi) is 3.97. The molecule has 2 heterocycles. The van der Waals surface area contributed by atoms with Crippen molar-refractivity contribution in [2.24, 2.45) is 0 Å². The molecule has 1 unspecified atom stereocenters. The summed E-state index contributed by atoms with van der Waals surface area (Å²) in [5.74, 6) is 0. The van der Waals surface area contributed by atoms with Gasteiger partial charge in [-0.2, -0.15) is 0 Å². The highest BCUT2D eigenvalue weighted by Crippen LogP contribution is 2.36. The molecule has 0 amide bonds. The van der Waals surface area contributed by atoms with Gasteiger partial charge in [-0.05, 0) is 59.1 Å². The van der Waals surface area contributed by atoms with Crippen LogP contribution in [0.15, 0.2) is 12.4 Å². The van der Waals surface area contributed by atoms with Gasteiger partial charge in [0.1, 0.15) is 0 Å². The number of hydrogen-bond acceptors (Lipinski definition) is 4. The fraction of sp³-hybridized carbons (Fsp3) is 0.667. The Balaban J connectivity index is 2.31. The van der Waals surface area contributed by atoms with E-state index in [-0.39, 0.29) is 17.3 Å². The lowest BCUT2D eigenvalue weighted by Gasteiger charge is -2.32. The van der Waals surface area contributed by atoms with Gasteiger partial charge in [0.2, 0.25) is 0 Å². The summed E-state index contributed by atoms with van der Waals surface area (Å²) in [6.07, 6.45) is 3.80. The fourth-order valence-corrected chi connectivity index (χ4v) is 2.32. The quantitative estimate of drug-likeness (QED) is 0.853. The van der Waals surface area contributed by atoms with Crippen LogP contribution in [0.4, 0.5) is 0 Å². The van der Waals surface area contributed by atoms with E-state index < -0.39 is 7.12 Å². The molecule has 1 aromatic rings. The first-order chi connectivity index (χ1) is 9.14. The maximum atomic E-state index is 9.56. The number of aliphatic hydroxyl groups excluding tert-OH is 1. The highest BCUT2D eigenvalue weighted by molar-refractivity contribution is 6.62. The van der Waals surface area contributed by atoms with Gasteiger partial charge in [0.05, 0.1) is 17.3 Å². The van der Waals surface area contributed by atoms with Gasteiger partial charge in [0.25, 0.3) is 0 Å². The molecule has 1 saturated heterocycles. The van der Waals surface area contributed by atoms with Crippen LogP contribution in [0.25, 0.3) is 0 Å². The Morgan fingerprint density at radius 3 is 2.25 bits per heavy atom. The van der Waals surface area contributed by atoms with Crippen molar-refractivity contribution in [3.05, 3.63) is 23.5 Å². The Morgan fingerprint density at radius 1 is 1.20 bits per heavy atom. The zero-order chi connectivity index (χ0) is 15.1. The van der Waals surface area contributed by atoms with Crippen LogP contribution >= 0.6 is 0 Å². The average Bonchev–Trinajstić information content (AvgIpc) is 2.50. The monoisotopic (exact) mass is 277 g/mol. The number of aliphatic hydroxyl groups is 1. The van der Waals surface area contributed by atoms with E-state index in [2.05, 4.69) is 4.98 Å². The largest absolute Gasteiger partial charge is 0.496 e. The summed E-state index contributed by atoms with van der Waals surface area (Å²) in [7, 11) is -0.401. The smallest absolute Gasteiger partial charge is 0.399 e. The molecule has 1 N–H and O–H groups in total. The van der Waals surface area contributed by atoms with Crippen molar-refractivity contribution in [3.8, 4) is 0 Å². The third kappa shape index (κ3) is 2.75. The molecule has 0 aromatic carbocycles. The summed E-state index contributed by atoms with van der Waals surface area (Å²) in [5, 5.41) is 9.56. The van der Waals surface area contributed by atoms with Crippen molar-refractivity contribution < 1.29 is 14.4 Å². The van der Waals surface area contributed by atoms with Crippen LogP contribution in [0.3, 0.4) is 0 Å². The molecule has 1 atom stereocenters. The molecule has 0 bridgehead atoms. The average molecular weight is 277 g/mol. The maximum Gasteiger partial charge on any atom is 0.496 e. The number of nitrogens with zero attached hydrogens (tertiary/aromatic N) is 1. The summed E-state index contributed by atoms with van der Waals surface area (Å²) in [5.41, 5.74) is 2.35. The molecular formula is C15H24BNO3. The third-order valence-corrected chi connectivity index (χ3v) is 4.38. The van der Waals surface area contributed by atoms with Gasteiger partial charge < -0.3 is 14.4 Å². The van der Waals surface area contributed by atoms with Crippen molar-refractivity contribution in [2.75, 3.05) is 0 Å². The van der Waals surface area contributed by atoms with Crippen molar-refractivity contribution in [1.82, 2.24) is 4.98 Å². The third-order valence-electron chi connectivity index (χ3n) is 4.38. The second-order valence-electron chi connectivity index (χ2n) is 6.65. The first-order valence-electron chi connectivity index (χ1n) is 7.11. The molecule has 1 aliphatic rings. The lowest BCUT2D eigenvalue weighted by molar-refractivity contribution is 0.00578. The van der Waals surface area contributed by atoms with Crippen molar-refractivity contribution in [3.63, 3.8) is 0 Å². The zero-order valence-corrected chi connectivity index (χ0v) is 13.2. The van der Waals surface area contributed by atoms with Crippen LogP contribution in [0.1, 0.15) is 45.7 Å². The van der Waals surface area contributed by atoms with Crippen LogP contribution in [0.2, 0.25) is 0 Å². The molecule has 0 saturated carbocycles. The second-order valence-corrected chi connectivity index (χ2v) is 6.65. The van der Waals surface area contributed by atoms with Crippen molar-refractivity contribution >= 4 is 12.6 Å². The minimum atomic E-state index is -0.401. The SMILES string of the molecule is Cc1c(CC(C)O)cncc1B1OC(C)(C)C(C)(C)O1. The van der Waals surface area contributed by atoms with E-state index in [1.54, 1.807) is 19.3 Å². The molecule has 2 rings (SSSR count). The fourth-order valence-electron chi connectivity index (χ4n) is 2.32. The van der Waals surface area contributed by atoms with Crippen molar-refractivity contribution in [1.29, 1.82) is 0 Å². The second kappa shape index (κ2) is 5.13. The van der Waals surface area contributed by atoms with E-state index in [4.69, 9.17) is 9.31 Å². The van der Waals surface area contributed by atoms with Gasteiger partial charge in [0, 0.05) is 17.9 Å². The van der Waals surface area contributed by atoms with E-state index in [0.29, 0.717) is 6.42 Å². The lowest BCUT2D eigenvalue weighted by Crippen LogP contribution is -2.41. The molecule has 1 aromatic heterocycles. The van der Waals surface area contributed by atoms with Gasteiger partial charge in [-0.25, -0.2) is 0 Å². The van der Waals surface area contributed by atoms with Crippen LogP contribution in [-0.2, 0) is 15.7 Å². The minimum Gasteiger partial charge on any atom is -0.399 e. The Hall–Kier alpha value is -0.905. The molecule has 20 heavy (non-hydrogen) atoms. The number of hydrogen-bond donors (Lipinski definition) is 1. The summed E-state index contributed by atoms with van der Waals surface area (Å²) in [6, 6.07) is 0. The van der Waals surface area contributed by atoms with Crippen LogP contribution in [-0.4, -0.2) is 34.5 Å². The van der Waals surface area contributed by atoms with E-state index >= 15 is 0 Å². The van der Waals surface area contributed by atoms with E-state index in [1.807, 2.05) is 34.6 Å². The molecule has 0 spiro atoms. The van der Waals surface area contributed by atoms with Crippen LogP contribution in [0.5, 0.6) is 0 Å². The van der Waals surface area contributed by atoms with Crippen LogP contribution in [0, 0.1) is 6.92 Å². The Labute approximate surface area is 121 Å². The zero-order valence-electron chi connectivity index (χ0n) is 13.2. The van der Waals surface area contributed by atoms with Crippen LogP contribution < -0.4 is 5.46 Å². The molecule has 0 radical (unpaired) electrons. The predicted molar refractivity (Wildman–Crippen MR) is 80.1 cm³/mol.